The van der Waals surface area contributed by atoms with Gasteiger partial charge in [-0.3, -0.25) is 4.79 Å². The molecule has 1 aliphatic rings. The maximum atomic E-state index is 13.1. The van der Waals surface area contributed by atoms with E-state index in [0.717, 1.165) is 28.4 Å². The molecule has 1 amide bonds. The number of amides is 1. The van der Waals surface area contributed by atoms with E-state index in [0.29, 0.717) is 36.8 Å². The van der Waals surface area contributed by atoms with Crippen LogP contribution in [-0.2, 0) is 19.6 Å². The van der Waals surface area contributed by atoms with Crippen LogP contribution in [0.25, 0.3) is 0 Å². The van der Waals surface area contributed by atoms with Crippen molar-refractivity contribution in [1.29, 1.82) is 0 Å². The van der Waals surface area contributed by atoms with E-state index >= 15 is 0 Å². The van der Waals surface area contributed by atoms with E-state index in [1.54, 1.807) is 31.6 Å². The van der Waals surface area contributed by atoms with Gasteiger partial charge in [0.05, 0.1) is 24.9 Å². The van der Waals surface area contributed by atoms with Crippen LogP contribution >= 0.6 is 11.3 Å². The zero-order valence-electron chi connectivity index (χ0n) is 17.3. The Hall–Kier alpha value is -3.06. The summed E-state index contributed by atoms with van der Waals surface area (Å²) >= 11 is 1.60. The maximum Gasteiger partial charge on any atom is 0.254 e. The van der Waals surface area contributed by atoms with Gasteiger partial charge in [-0.2, -0.15) is 0 Å². The first-order valence-electron chi connectivity index (χ1n) is 9.74. The van der Waals surface area contributed by atoms with Crippen molar-refractivity contribution in [3.63, 3.8) is 0 Å². The molecule has 1 aromatic heterocycles. The van der Waals surface area contributed by atoms with Crippen molar-refractivity contribution in [2.75, 3.05) is 20.8 Å². The Bertz CT molecular complexity index is 1060. The second kappa shape index (κ2) is 8.75. The van der Waals surface area contributed by atoms with E-state index in [1.165, 1.54) is 5.56 Å². The Morgan fingerprint density at radius 1 is 1.13 bits per heavy atom. The minimum Gasteiger partial charge on any atom is -0.493 e. The van der Waals surface area contributed by atoms with Gasteiger partial charge in [0.25, 0.3) is 5.91 Å². The highest BCUT2D eigenvalue weighted by Gasteiger charge is 2.24. The quantitative estimate of drug-likeness (QED) is 0.592. The fraction of sp³-hybridized carbons (Fsp3) is 0.304. The fourth-order valence-electron chi connectivity index (χ4n) is 3.59. The van der Waals surface area contributed by atoms with Crippen molar-refractivity contribution in [1.82, 2.24) is 9.88 Å². The third-order valence-electron chi connectivity index (χ3n) is 5.14. The van der Waals surface area contributed by atoms with Gasteiger partial charge in [0.2, 0.25) is 0 Å². The number of carbonyl (C=O) groups is 1. The molecular weight excluding hydrogens is 400 g/mol. The number of benzene rings is 2. The molecule has 2 aromatic carbocycles. The molecule has 0 atom stereocenters. The van der Waals surface area contributed by atoms with Crippen LogP contribution in [0.4, 0.5) is 0 Å². The molecule has 0 fully saturated rings. The summed E-state index contributed by atoms with van der Waals surface area (Å²) < 4.78 is 16.6. The highest BCUT2D eigenvalue weighted by atomic mass is 32.1. The van der Waals surface area contributed by atoms with Gasteiger partial charge in [0, 0.05) is 24.0 Å². The standard InChI is InChI=1S/C23H24N2O4S/c1-15-24-19(14-30-15)13-29-20-6-4-5-17(9-20)23(26)25-8-7-16-10-21(27-2)22(28-3)11-18(16)12-25/h4-6,9-11,14H,7-8,12-13H2,1-3H3. The number of rotatable bonds is 6. The van der Waals surface area contributed by atoms with Gasteiger partial charge in [0.15, 0.2) is 11.5 Å². The van der Waals surface area contributed by atoms with E-state index < -0.39 is 0 Å². The first-order chi connectivity index (χ1) is 14.6. The number of carbonyl (C=O) groups excluding carboxylic acids is 1. The average Bonchev–Trinajstić information content (AvgIpc) is 3.21. The Labute approximate surface area is 180 Å². The lowest BCUT2D eigenvalue weighted by Crippen LogP contribution is -2.36. The van der Waals surface area contributed by atoms with E-state index in [4.69, 9.17) is 14.2 Å². The first kappa shape index (κ1) is 20.2. The molecule has 1 aliphatic heterocycles. The van der Waals surface area contributed by atoms with Crippen LogP contribution in [0.2, 0.25) is 0 Å². The Kier molecular flexibility index (Phi) is 5.90. The summed E-state index contributed by atoms with van der Waals surface area (Å²) in [6.45, 7) is 3.55. The molecular formula is C23H24N2O4S. The van der Waals surface area contributed by atoms with Crippen LogP contribution in [0.1, 0.15) is 32.2 Å². The zero-order valence-corrected chi connectivity index (χ0v) is 18.1. The lowest BCUT2D eigenvalue weighted by atomic mass is 9.98. The van der Waals surface area contributed by atoms with E-state index in [-0.39, 0.29) is 5.91 Å². The molecule has 0 saturated heterocycles. The molecule has 6 nitrogen and oxygen atoms in total. The number of methoxy groups -OCH3 is 2. The number of nitrogens with zero attached hydrogens (tertiary/aromatic N) is 2. The molecule has 3 aromatic rings. The smallest absolute Gasteiger partial charge is 0.254 e. The van der Waals surface area contributed by atoms with Crippen molar-refractivity contribution in [3.05, 3.63) is 69.2 Å². The summed E-state index contributed by atoms with van der Waals surface area (Å²) in [6, 6.07) is 11.3. The lowest BCUT2D eigenvalue weighted by molar-refractivity contribution is 0.0734. The minimum atomic E-state index is -0.00890. The molecule has 7 heteroatoms. The van der Waals surface area contributed by atoms with E-state index in [2.05, 4.69) is 4.98 Å². The Morgan fingerprint density at radius 2 is 1.90 bits per heavy atom. The lowest BCUT2D eigenvalue weighted by Gasteiger charge is -2.29. The molecule has 30 heavy (non-hydrogen) atoms. The molecule has 0 aliphatic carbocycles. The predicted molar refractivity (Wildman–Crippen MR) is 116 cm³/mol. The molecule has 156 valence electrons. The summed E-state index contributed by atoms with van der Waals surface area (Å²) in [6.07, 6.45) is 0.779. The third kappa shape index (κ3) is 4.26. The van der Waals surface area contributed by atoms with E-state index in [9.17, 15) is 4.79 Å². The number of aryl methyl sites for hydroxylation is 1. The maximum absolute atomic E-state index is 13.1. The summed E-state index contributed by atoms with van der Waals surface area (Å²) in [5.74, 6) is 2.05. The second-order valence-corrected chi connectivity index (χ2v) is 8.19. The van der Waals surface area contributed by atoms with Crippen molar-refractivity contribution in [2.24, 2.45) is 0 Å². The number of thiazole rings is 1. The highest BCUT2D eigenvalue weighted by molar-refractivity contribution is 7.09. The largest absolute Gasteiger partial charge is 0.493 e. The summed E-state index contributed by atoms with van der Waals surface area (Å²) in [5.41, 5.74) is 3.78. The normalized spacial score (nSPS) is 13.0. The predicted octanol–water partition coefficient (Wildman–Crippen LogP) is 4.25. The van der Waals surface area contributed by atoms with Gasteiger partial charge < -0.3 is 19.1 Å². The van der Waals surface area contributed by atoms with Gasteiger partial charge in [-0.15, -0.1) is 11.3 Å². The van der Waals surface area contributed by atoms with Gasteiger partial charge >= 0.3 is 0 Å². The first-order valence-corrected chi connectivity index (χ1v) is 10.6. The minimum absolute atomic E-state index is 0.00890. The van der Waals surface area contributed by atoms with Crippen LogP contribution < -0.4 is 14.2 Å². The SMILES string of the molecule is COc1cc2c(cc1OC)CN(C(=O)c1cccc(OCc3csc(C)n3)c1)CC2. The van der Waals surface area contributed by atoms with Gasteiger partial charge in [-0.05, 0) is 54.8 Å². The number of hydrogen-bond acceptors (Lipinski definition) is 6. The molecule has 0 N–H and O–H groups in total. The molecule has 0 unspecified atom stereocenters. The topological polar surface area (TPSA) is 60.9 Å². The molecule has 0 radical (unpaired) electrons. The van der Waals surface area contributed by atoms with Crippen LogP contribution in [0.5, 0.6) is 17.2 Å². The highest BCUT2D eigenvalue weighted by Crippen LogP contribution is 2.33. The van der Waals surface area contributed by atoms with Crippen molar-refractivity contribution in [3.8, 4) is 17.2 Å². The van der Waals surface area contributed by atoms with Gasteiger partial charge in [-0.25, -0.2) is 4.98 Å². The Morgan fingerprint density at radius 3 is 2.60 bits per heavy atom. The summed E-state index contributed by atoms with van der Waals surface area (Å²) in [4.78, 5) is 19.4. The number of hydrogen-bond donors (Lipinski definition) is 0. The molecule has 2 heterocycles. The summed E-state index contributed by atoms with van der Waals surface area (Å²) in [7, 11) is 3.25. The zero-order chi connectivity index (χ0) is 21.1. The van der Waals surface area contributed by atoms with Crippen molar-refractivity contribution >= 4 is 17.2 Å². The van der Waals surface area contributed by atoms with Crippen molar-refractivity contribution < 1.29 is 19.0 Å². The van der Waals surface area contributed by atoms with Gasteiger partial charge in [-0.1, -0.05) is 6.07 Å². The number of aromatic nitrogens is 1. The van der Waals surface area contributed by atoms with Crippen LogP contribution in [0.3, 0.4) is 0 Å². The number of ether oxygens (including phenoxy) is 3. The van der Waals surface area contributed by atoms with Crippen molar-refractivity contribution in [2.45, 2.75) is 26.5 Å². The monoisotopic (exact) mass is 424 g/mol. The molecule has 0 saturated carbocycles. The van der Waals surface area contributed by atoms with Crippen LogP contribution in [0, 0.1) is 6.92 Å². The third-order valence-corrected chi connectivity index (χ3v) is 5.96. The summed E-state index contributed by atoms with van der Waals surface area (Å²) in [5, 5.41) is 3.00. The van der Waals surface area contributed by atoms with Crippen LogP contribution in [0.15, 0.2) is 41.8 Å². The molecule has 4 rings (SSSR count). The van der Waals surface area contributed by atoms with Crippen LogP contribution in [-0.4, -0.2) is 36.6 Å². The Balaban J connectivity index is 1.47. The average molecular weight is 425 g/mol. The van der Waals surface area contributed by atoms with E-state index in [1.807, 2.05) is 47.5 Å². The molecule has 0 bridgehead atoms. The second-order valence-electron chi connectivity index (χ2n) is 7.13. The van der Waals surface area contributed by atoms with Gasteiger partial charge in [0.1, 0.15) is 12.4 Å². The molecule has 0 spiro atoms. The fourth-order valence-corrected chi connectivity index (χ4v) is 4.19. The number of fused-ring (bicyclic) bond motifs is 1.